The van der Waals surface area contributed by atoms with Crippen LogP contribution in [0.5, 0.6) is 5.75 Å². The molecule has 0 aliphatic heterocycles. The van der Waals surface area contributed by atoms with E-state index in [1.54, 1.807) is 0 Å². The minimum Gasteiger partial charge on any atom is -0.483 e. The summed E-state index contributed by atoms with van der Waals surface area (Å²) in [4.78, 5) is 12.2. The van der Waals surface area contributed by atoms with Crippen LogP contribution in [0.3, 0.4) is 0 Å². The van der Waals surface area contributed by atoms with Crippen molar-refractivity contribution in [2.45, 2.75) is 58.4 Å². The number of carbonyl (C=O) groups excluding carboxylic acids is 1. The summed E-state index contributed by atoms with van der Waals surface area (Å²) in [7, 11) is 0. The molecular formula is C19H27NO2. The molecule has 0 saturated heterocycles. The van der Waals surface area contributed by atoms with Gasteiger partial charge in [-0.2, -0.15) is 0 Å². The Kier molecular flexibility index (Phi) is 4.42. The molecule has 3 rings (SSSR count). The maximum atomic E-state index is 12.2. The van der Waals surface area contributed by atoms with Crippen LogP contribution in [0.15, 0.2) is 18.2 Å². The third-order valence-corrected chi connectivity index (χ3v) is 5.23. The molecule has 0 heterocycles. The first-order valence-electron chi connectivity index (χ1n) is 8.55. The molecule has 2 fully saturated rings. The normalized spacial score (nSPS) is 26.5. The first-order valence-corrected chi connectivity index (χ1v) is 8.55. The van der Waals surface area contributed by atoms with Crippen LogP contribution in [0, 0.1) is 18.8 Å². The molecule has 3 atom stereocenters. The molecule has 2 bridgehead atoms. The molecule has 3 unspecified atom stereocenters. The predicted molar refractivity (Wildman–Crippen MR) is 88.1 cm³/mol. The maximum absolute atomic E-state index is 12.2. The monoisotopic (exact) mass is 301 g/mol. The summed E-state index contributed by atoms with van der Waals surface area (Å²) in [5.41, 5.74) is 2.33. The van der Waals surface area contributed by atoms with Gasteiger partial charge in [0.25, 0.3) is 5.91 Å². The van der Waals surface area contributed by atoms with Crippen molar-refractivity contribution in [2.75, 3.05) is 6.61 Å². The number of rotatable bonds is 5. The lowest BCUT2D eigenvalue weighted by Gasteiger charge is -2.23. The van der Waals surface area contributed by atoms with E-state index in [-0.39, 0.29) is 12.5 Å². The summed E-state index contributed by atoms with van der Waals surface area (Å²) in [6, 6.07) is 6.61. The standard InChI is InChI=1S/C19H27NO2/c1-12(2)16-7-4-13(3)8-18(16)22-11-19(21)20-17-10-14-5-6-15(17)9-14/h4,7-8,12,14-15,17H,5-6,9-11H2,1-3H3,(H,20,21). The molecule has 1 amide bonds. The summed E-state index contributed by atoms with van der Waals surface area (Å²) in [6.07, 6.45) is 5.11. The number of hydrogen-bond donors (Lipinski definition) is 1. The molecule has 1 aromatic rings. The van der Waals surface area contributed by atoms with E-state index < -0.39 is 0 Å². The van der Waals surface area contributed by atoms with E-state index in [2.05, 4.69) is 31.3 Å². The molecule has 1 aromatic carbocycles. The van der Waals surface area contributed by atoms with Gasteiger partial charge in [0.05, 0.1) is 0 Å². The van der Waals surface area contributed by atoms with Gasteiger partial charge in [-0.25, -0.2) is 0 Å². The summed E-state index contributed by atoms with van der Waals surface area (Å²) in [6.45, 7) is 6.46. The SMILES string of the molecule is Cc1ccc(C(C)C)c(OCC(=O)NC2CC3CCC2C3)c1. The highest BCUT2D eigenvalue weighted by Crippen LogP contribution is 2.44. The Morgan fingerprint density at radius 3 is 2.77 bits per heavy atom. The van der Waals surface area contributed by atoms with Gasteiger partial charge in [0.15, 0.2) is 6.61 Å². The summed E-state index contributed by atoms with van der Waals surface area (Å²) >= 11 is 0. The third kappa shape index (κ3) is 3.29. The largest absolute Gasteiger partial charge is 0.483 e. The van der Waals surface area contributed by atoms with Gasteiger partial charge in [0.1, 0.15) is 5.75 Å². The fourth-order valence-electron chi connectivity index (χ4n) is 4.06. The molecule has 120 valence electrons. The minimum atomic E-state index is 0.0220. The number of carbonyl (C=O) groups is 1. The van der Waals surface area contributed by atoms with Gasteiger partial charge in [-0.3, -0.25) is 4.79 Å². The molecule has 3 nitrogen and oxygen atoms in total. The third-order valence-electron chi connectivity index (χ3n) is 5.23. The maximum Gasteiger partial charge on any atom is 0.258 e. The minimum absolute atomic E-state index is 0.0220. The number of nitrogens with one attached hydrogen (secondary N) is 1. The van der Waals surface area contributed by atoms with E-state index in [9.17, 15) is 4.79 Å². The molecule has 1 N–H and O–H groups in total. The van der Waals surface area contributed by atoms with Crippen LogP contribution in [0.4, 0.5) is 0 Å². The molecular weight excluding hydrogens is 274 g/mol. The lowest BCUT2D eigenvalue weighted by molar-refractivity contribution is -0.124. The van der Waals surface area contributed by atoms with Crippen LogP contribution in [0.2, 0.25) is 0 Å². The van der Waals surface area contributed by atoms with E-state index in [4.69, 9.17) is 4.74 Å². The van der Waals surface area contributed by atoms with Crippen molar-refractivity contribution in [3.8, 4) is 5.75 Å². The van der Waals surface area contributed by atoms with Gasteiger partial charge in [-0.05, 0) is 61.1 Å². The van der Waals surface area contributed by atoms with Crippen LogP contribution < -0.4 is 10.1 Å². The Morgan fingerprint density at radius 1 is 1.32 bits per heavy atom. The number of amides is 1. The van der Waals surface area contributed by atoms with Crippen LogP contribution >= 0.6 is 0 Å². The van der Waals surface area contributed by atoms with Crippen molar-refractivity contribution in [2.24, 2.45) is 11.8 Å². The van der Waals surface area contributed by atoms with Crippen LogP contribution in [-0.2, 0) is 4.79 Å². The molecule has 2 aliphatic rings. The molecule has 2 saturated carbocycles. The quantitative estimate of drug-likeness (QED) is 0.898. The summed E-state index contributed by atoms with van der Waals surface area (Å²) in [5.74, 6) is 2.82. The van der Waals surface area contributed by atoms with E-state index in [0.717, 1.165) is 23.7 Å². The zero-order valence-electron chi connectivity index (χ0n) is 13.9. The Balaban J connectivity index is 1.56. The Bertz CT molecular complexity index is 552. The van der Waals surface area contributed by atoms with Crippen molar-refractivity contribution in [3.63, 3.8) is 0 Å². The van der Waals surface area contributed by atoms with Crippen LogP contribution in [0.1, 0.15) is 56.6 Å². The number of ether oxygens (including phenoxy) is 1. The van der Waals surface area contributed by atoms with Crippen LogP contribution in [0.25, 0.3) is 0 Å². The molecule has 0 aromatic heterocycles. The lowest BCUT2D eigenvalue weighted by atomic mass is 9.95. The number of benzene rings is 1. The number of hydrogen-bond acceptors (Lipinski definition) is 2. The Morgan fingerprint density at radius 2 is 2.14 bits per heavy atom. The van der Waals surface area contributed by atoms with Crippen molar-refractivity contribution in [3.05, 3.63) is 29.3 Å². The Hall–Kier alpha value is -1.51. The van der Waals surface area contributed by atoms with Crippen molar-refractivity contribution >= 4 is 5.91 Å². The molecule has 2 aliphatic carbocycles. The molecule has 3 heteroatoms. The molecule has 0 spiro atoms. The van der Waals surface area contributed by atoms with Crippen molar-refractivity contribution < 1.29 is 9.53 Å². The second kappa shape index (κ2) is 6.31. The van der Waals surface area contributed by atoms with Gasteiger partial charge in [-0.15, -0.1) is 0 Å². The highest BCUT2D eigenvalue weighted by Gasteiger charge is 2.40. The summed E-state index contributed by atoms with van der Waals surface area (Å²) < 4.78 is 5.82. The van der Waals surface area contributed by atoms with Crippen LogP contribution in [-0.4, -0.2) is 18.6 Å². The first-order chi connectivity index (χ1) is 10.5. The van der Waals surface area contributed by atoms with E-state index in [1.807, 2.05) is 13.0 Å². The van der Waals surface area contributed by atoms with E-state index in [1.165, 1.54) is 24.8 Å². The summed E-state index contributed by atoms with van der Waals surface area (Å²) in [5, 5.41) is 3.18. The zero-order chi connectivity index (χ0) is 15.7. The van der Waals surface area contributed by atoms with Gasteiger partial charge >= 0.3 is 0 Å². The van der Waals surface area contributed by atoms with Crippen molar-refractivity contribution in [1.82, 2.24) is 5.32 Å². The Labute approximate surface area is 133 Å². The topological polar surface area (TPSA) is 38.3 Å². The fraction of sp³-hybridized carbons (Fsp3) is 0.632. The second-order valence-electron chi connectivity index (χ2n) is 7.33. The van der Waals surface area contributed by atoms with Crippen molar-refractivity contribution in [1.29, 1.82) is 0 Å². The number of aryl methyl sites for hydroxylation is 1. The van der Waals surface area contributed by atoms with Gasteiger partial charge < -0.3 is 10.1 Å². The van der Waals surface area contributed by atoms with E-state index >= 15 is 0 Å². The average molecular weight is 301 g/mol. The van der Waals surface area contributed by atoms with Gasteiger partial charge in [0, 0.05) is 6.04 Å². The lowest BCUT2D eigenvalue weighted by Crippen LogP contribution is -2.41. The van der Waals surface area contributed by atoms with Gasteiger partial charge in [0.2, 0.25) is 0 Å². The van der Waals surface area contributed by atoms with Gasteiger partial charge in [-0.1, -0.05) is 32.4 Å². The predicted octanol–water partition coefficient (Wildman–Crippen LogP) is 3.80. The average Bonchev–Trinajstić information content (AvgIpc) is 3.07. The molecule has 22 heavy (non-hydrogen) atoms. The zero-order valence-corrected chi connectivity index (χ0v) is 13.9. The smallest absolute Gasteiger partial charge is 0.258 e. The highest BCUT2D eigenvalue weighted by atomic mass is 16.5. The number of fused-ring (bicyclic) bond motifs is 2. The second-order valence-corrected chi connectivity index (χ2v) is 7.33. The highest BCUT2D eigenvalue weighted by molar-refractivity contribution is 5.78. The van der Waals surface area contributed by atoms with E-state index in [0.29, 0.717) is 17.9 Å². The molecule has 0 radical (unpaired) electrons. The first kappa shape index (κ1) is 15.4. The fourth-order valence-corrected chi connectivity index (χ4v) is 4.06.